The van der Waals surface area contributed by atoms with Crippen LogP contribution in [0.15, 0.2) is 138 Å². The molecule has 0 aliphatic heterocycles. The Hall–Kier alpha value is -5.48. The molecule has 0 spiro atoms. The van der Waals surface area contributed by atoms with Gasteiger partial charge in [-0.1, -0.05) is 92.4 Å². The normalized spacial score (nSPS) is 11.4. The van der Waals surface area contributed by atoms with Crippen LogP contribution in [-0.2, 0) is 25.5 Å². The van der Waals surface area contributed by atoms with Crippen molar-refractivity contribution in [2.24, 2.45) is 0 Å². The zero-order valence-electron chi connectivity index (χ0n) is 29.8. The molecule has 0 bridgehead atoms. The van der Waals surface area contributed by atoms with E-state index in [1.165, 1.54) is 27.5 Å². The first-order valence-electron chi connectivity index (χ1n) is 17.3. The molecule has 52 heavy (non-hydrogen) atoms. The van der Waals surface area contributed by atoms with E-state index in [-0.39, 0.29) is 25.5 Å². The molecule has 9 rings (SSSR count). The molecule has 0 amide bonds. The van der Waals surface area contributed by atoms with Gasteiger partial charge in [-0.25, -0.2) is 4.98 Å². The van der Waals surface area contributed by atoms with Crippen molar-refractivity contribution in [1.29, 1.82) is 0 Å². The van der Waals surface area contributed by atoms with Gasteiger partial charge in [0.15, 0.2) is 0 Å². The van der Waals surface area contributed by atoms with Crippen molar-refractivity contribution in [2.45, 2.75) is 40.0 Å². The third kappa shape index (κ3) is 6.78. The molecule has 4 nitrogen and oxygen atoms in total. The summed E-state index contributed by atoms with van der Waals surface area (Å²) in [5, 5.41) is 5.69. The van der Waals surface area contributed by atoms with Gasteiger partial charge >= 0.3 is 0 Å². The molecule has 0 fully saturated rings. The van der Waals surface area contributed by atoms with Gasteiger partial charge in [-0.05, 0) is 87.9 Å². The number of nitrogens with zero attached hydrogens (tertiary/aromatic N) is 3. The van der Waals surface area contributed by atoms with Crippen LogP contribution < -0.4 is 0 Å². The number of pyridine rings is 3. The maximum Gasteiger partial charge on any atom is 0.147 e. The van der Waals surface area contributed by atoms with Crippen molar-refractivity contribution >= 4 is 43.6 Å². The quantitative estimate of drug-likeness (QED) is 0.166. The molecular formula is C47H37IrN3O-2. The molecule has 0 N–H and O–H groups in total. The van der Waals surface area contributed by atoms with Crippen molar-refractivity contribution in [3.05, 3.63) is 163 Å². The number of furan rings is 1. The molecule has 0 aliphatic carbocycles. The van der Waals surface area contributed by atoms with Gasteiger partial charge in [-0.15, -0.1) is 54.1 Å². The Labute approximate surface area is 318 Å². The topological polar surface area (TPSA) is 51.8 Å². The summed E-state index contributed by atoms with van der Waals surface area (Å²) in [6, 6.07) is 48.3. The fourth-order valence-corrected chi connectivity index (χ4v) is 6.67. The Balaban J connectivity index is 0.000000275. The van der Waals surface area contributed by atoms with Gasteiger partial charge in [-0.3, -0.25) is 0 Å². The van der Waals surface area contributed by atoms with Crippen LogP contribution in [0.5, 0.6) is 0 Å². The largest absolute Gasteiger partial charge is 0.498 e. The van der Waals surface area contributed by atoms with Crippen LogP contribution in [0.25, 0.3) is 77.3 Å². The summed E-state index contributed by atoms with van der Waals surface area (Å²) >= 11 is 0. The molecule has 0 atom stereocenters. The standard InChI is InChI=1S/C36H29N2O.C11H8N.Ir/c1-21-17-26-18-27(36(3,4)5)13-11-24(26)19-31(21)25-15-16-37-32(20-25)30-8-6-7-28-29-14-12-23-10-9-22(2)38-33(23)35(29)39-34(28)30;1-2-6-10(7-3-1)11-8-4-5-9-12-11;/h6-7,9-20H,1-5H3;1-6,8-9H;/q2*-1;. The van der Waals surface area contributed by atoms with E-state index in [2.05, 4.69) is 112 Å². The number of rotatable bonds is 3. The van der Waals surface area contributed by atoms with E-state index >= 15 is 0 Å². The number of aromatic nitrogens is 3. The molecule has 1 radical (unpaired) electrons. The first-order chi connectivity index (χ1) is 24.7. The third-order valence-corrected chi connectivity index (χ3v) is 9.43. The number of aryl methyl sites for hydroxylation is 2. The van der Waals surface area contributed by atoms with Crippen molar-refractivity contribution in [2.75, 3.05) is 0 Å². The molecule has 257 valence electrons. The van der Waals surface area contributed by atoms with E-state index in [1.54, 1.807) is 6.20 Å². The number of fused-ring (bicyclic) bond motifs is 6. The van der Waals surface area contributed by atoms with E-state index in [9.17, 15) is 0 Å². The second kappa shape index (κ2) is 14.3. The zero-order chi connectivity index (χ0) is 35.1. The maximum atomic E-state index is 6.54. The van der Waals surface area contributed by atoms with Gasteiger partial charge in [0.25, 0.3) is 0 Å². The minimum atomic E-state index is 0. The van der Waals surface area contributed by atoms with Gasteiger partial charge in [0, 0.05) is 49.0 Å². The summed E-state index contributed by atoms with van der Waals surface area (Å²) in [4.78, 5) is 13.8. The van der Waals surface area contributed by atoms with Gasteiger partial charge in [-0.2, -0.15) is 0 Å². The molecular weight excluding hydrogens is 815 g/mol. The zero-order valence-corrected chi connectivity index (χ0v) is 32.2. The minimum absolute atomic E-state index is 0. The Morgan fingerprint density at radius 1 is 0.615 bits per heavy atom. The Kier molecular flexibility index (Phi) is 9.59. The van der Waals surface area contributed by atoms with Crippen molar-refractivity contribution < 1.29 is 24.5 Å². The molecule has 9 aromatic rings. The number of hydrogen-bond acceptors (Lipinski definition) is 4. The fraction of sp³-hybridized carbons (Fsp3) is 0.128. The molecule has 0 aliphatic rings. The van der Waals surface area contributed by atoms with Crippen LogP contribution in [-0.4, -0.2) is 15.0 Å². The average molecular weight is 852 g/mol. The van der Waals surface area contributed by atoms with Crippen molar-refractivity contribution in [3.8, 4) is 33.6 Å². The van der Waals surface area contributed by atoms with E-state index in [0.29, 0.717) is 0 Å². The average Bonchev–Trinajstić information content (AvgIpc) is 3.55. The summed E-state index contributed by atoms with van der Waals surface area (Å²) in [5.41, 5.74) is 12.2. The minimum Gasteiger partial charge on any atom is -0.498 e. The monoisotopic (exact) mass is 852 g/mol. The summed E-state index contributed by atoms with van der Waals surface area (Å²) in [7, 11) is 0. The van der Waals surface area contributed by atoms with Gasteiger partial charge in [0.1, 0.15) is 11.1 Å². The van der Waals surface area contributed by atoms with Crippen LogP contribution >= 0.6 is 0 Å². The Bertz CT molecular complexity index is 2660. The summed E-state index contributed by atoms with van der Waals surface area (Å²) in [5.74, 6) is 0. The summed E-state index contributed by atoms with van der Waals surface area (Å²) in [6.45, 7) is 11.0. The van der Waals surface area contributed by atoms with Gasteiger partial charge < -0.3 is 14.4 Å². The second-order valence-corrected chi connectivity index (χ2v) is 14.1. The Morgan fingerprint density at radius 3 is 2.19 bits per heavy atom. The second-order valence-electron chi connectivity index (χ2n) is 14.1. The first kappa shape index (κ1) is 34.9. The van der Waals surface area contributed by atoms with Crippen LogP contribution in [0.1, 0.15) is 37.6 Å². The molecule has 0 unspecified atom stereocenters. The molecule has 0 saturated carbocycles. The molecule has 4 heterocycles. The van der Waals surface area contributed by atoms with E-state index < -0.39 is 0 Å². The van der Waals surface area contributed by atoms with Crippen molar-refractivity contribution in [3.63, 3.8) is 0 Å². The maximum absolute atomic E-state index is 6.54. The predicted molar refractivity (Wildman–Crippen MR) is 211 cm³/mol. The number of benzene rings is 5. The van der Waals surface area contributed by atoms with Crippen LogP contribution in [0.4, 0.5) is 0 Å². The van der Waals surface area contributed by atoms with Gasteiger partial charge in [0.2, 0.25) is 0 Å². The number of hydrogen-bond donors (Lipinski definition) is 0. The van der Waals surface area contributed by atoms with Gasteiger partial charge in [0.05, 0.1) is 5.58 Å². The van der Waals surface area contributed by atoms with E-state index in [1.807, 2.05) is 67.7 Å². The summed E-state index contributed by atoms with van der Waals surface area (Å²) in [6.07, 6.45) is 3.67. The van der Waals surface area contributed by atoms with Crippen LogP contribution in [0.3, 0.4) is 0 Å². The fourth-order valence-electron chi connectivity index (χ4n) is 6.67. The molecule has 5 heteroatoms. The van der Waals surface area contributed by atoms with Crippen molar-refractivity contribution in [1.82, 2.24) is 15.0 Å². The third-order valence-electron chi connectivity index (χ3n) is 9.43. The van der Waals surface area contributed by atoms with Crippen LogP contribution in [0, 0.1) is 26.0 Å². The summed E-state index contributed by atoms with van der Waals surface area (Å²) < 4.78 is 6.54. The Morgan fingerprint density at radius 2 is 1.40 bits per heavy atom. The molecule has 5 aromatic carbocycles. The SMILES string of the molecule is Cc1ccc2ccc3c4cc[c-]c(-c5cc(-c6cc7ccc(C(C)(C)C)cc7cc6C)ccn5)c4oc3c2n1.[Ir].[c-]1ccccc1-c1ccccn1. The molecule has 4 aromatic heterocycles. The smallest absolute Gasteiger partial charge is 0.147 e. The first-order valence-corrected chi connectivity index (χ1v) is 17.3. The molecule has 0 saturated heterocycles. The van der Waals surface area contributed by atoms with E-state index in [0.717, 1.165) is 66.6 Å². The predicted octanol–water partition coefficient (Wildman–Crippen LogP) is 12.3. The van der Waals surface area contributed by atoms with E-state index in [4.69, 9.17) is 14.4 Å². The van der Waals surface area contributed by atoms with Crippen LogP contribution in [0.2, 0.25) is 0 Å².